The van der Waals surface area contributed by atoms with Crippen LogP contribution in [0.15, 0.2) is 54.6 Å². The molecule has 19 heavy (non-hydrogen) atoms. The standard InChI is InChI=1S/C16H13NO2/c1-19-16-10-15(11-5-4-6-12(18)9-11)17-14-8-3-2-7-13(14)16/h2-10,18H,1H3. The van der Waals surface area contributed by atoms with Gasteiger partial charge in [0.05, 0.1) is 18.3 Å². The molecule has 0 saturated carbocycles. The molecular formula is C16H13NO2. The third kappa shape index (κ3) is 2.10. The van der Waals surface area contributed by atoms with Gasteiger partial charge in [-0.15, -0.1) is 0 Å². The molecule has 1 N–H and O–H groups in total. The topological polar surface area (TPSA) is 42.4 Å². The average Bonchev–Trinajstić information content (AvgIpc) is 2.46. The first-order valence-electron chi connectivity index (χ1n) is 6.01. The zero-order valence-electron chi connectivity index (χ0n) is 10.5. The van der Waals surface area contributed by atoms with E-state index < -0.39 is 0 Å². The van der Waals surface area contributed by atoms with E-state index in [-0.39, 0.29) is 5.75 Å². The molecule has 3 aromatic rings. The van der Waals surface area contributed by atoms with Gasteiger partial charge in [-0.2, -0.15) is 0 Å². The van der Waals surface area contributed by atoms with Gasteiger partial charge >= 0.3 is 0 Å². The summed E-state index contributed by atoms with van der Waals surface area (Å²) >= 11 is 0. The maximum Gasteiger partial charge on any atom is 0.130 e. The fraction of sp³-hybridized carbons (Fsp3) is 0.0625. The van der Waals surface area contributed by atoms with Crippen LogP contribution in [-0.4, -0.2) is 17.2 Å². The molecule has 94 valence electrons. The van der Waals surface area contributed by atoms with Gasteiger partial charge in [-0.1, -0.05) is 24.3 Å². The fourth-order valence-corrected chi connectivity index (χ4v) is 2.13. The number of hydrogen-bond donors (Lipinski definition) is 1. The summed E-state index contributed by atoms with van der Waals surface area (Å²) < 4.78 is 5.42. The van der Waals surface area contributed by atoms with E-state index in [0.29, 0.717) is 0 Å². The largest absolute Gasteiger partial charge is 0.508 e. The normalized spacial score (nSPS) is 10.6. The molecule has 0 fully saturated rings. The Morgan fingerprint density at radius 1 is 1.00 bits per heavy atom. The van der Waals surface area contributed by atoms with E-state index in [4.69, 9.17) is 4.74 Å². The van der Waals surface area contributed by atoms with Crippen molar-refractivity contribution >= 4 is 10.9 Å². The van der Waals surface area contributed by atoms with Crippen molar-refractivity contribution < 1.29 is 9.84 Å². The van der Waals surface area contributed by atoms with E-state index in [2.05, 4.69) is 4.98 Å². The average molecular weight is 251 g/mol. The Kier molecular flexibility index (Phi) is 2.80. The van der Waals surface area contributed by atoms with Crippen molar-refractivity contribution in [2.24, 2.45) is 0 Å². The molecular weight excluding hydrogens is 238 g/mol. The molecule has 0 unspecified atom stereocenters. The van der Waals surface area contributed by atoms with Crippen LogP contribution < -0.4 is 4.74 Å². The van der Waals surface area contributed by atoms with Crippen LogP contribution in [0.25, 0.3) is 22.2 Å². The number of ether oxygens (including phenoxy) is 1. The number of benzene rings is 2. The van der Waals surface area contributed by atoms with E-state index in [1.54, 1.807) is 25.3 Å². The van der Waals surface area contributed by atoms with Gasteiger partial charge in [0.25, 0.3) is 0 Å². The Morgan fingerprint density at radius 3 is 2.63 bits per heavy atom. The number of methoxy groups -OCH3 is 1. The van der Waals surface area contributed by atoms with Crippen LogP contribution >= 0.6 is 0 Å². The molecule has 0 saturated heterocycles. The number of phenols is 1. The molecule has 3 heteroatoms. The fourth-order valence-electron chi connectivity index (χ4n) is 2.13. The molecule has 0 aliphatic rings. The lowest BCUT2D eigenvalue weighted by molar-refractivity contribution is 0.419. The van der Waals surface area contributed by atoms with Gasteiger partial charge in [0.2, 0.25) is 0 Å². The summed E-state index contributed by atoms with van der Waals surface area (Å²) in [5.74, 6) is 1.01. The van der Waals surface area contributed by atoms with Crippen LogP contribution in [0.3, 0.4) is 0 Å². The van der Waals surface area contributed by atoms with Gasteiger partial charge in [0.1, 0.15) is 11.5 Å². The summed E-state index contributed by atoms with van der Waals surface area (Å²) in [7, 11) is 1.65. The molecule has 1 heterocycles. The number of rotatable bonds is 2. The summed E-state index contributed by atoms with van der Waals surface area (Å²) in [4.78, 5) is 4.60. The highest BCUT2D eigenvalue weighted by molar-refractivity contribution is 5.87. The molecule has 0 aliphatic carbocycles. The van der Waals surface area contributed by atoms with E-state index in [1.165, 1.54) is 0 Å². The van der Waals surface area contributed by atoms with Crippen LogP contribution in [0.4, 0.5) is 0 Å². The molecule has 1 aromatic heterocycles. The smallest absolute Gasteiger partial charge is 0.130 e. The van der Waals surface area contributed by atoms with Crippen molar-refractivity contribution in [3.8, 4) is 22.8 Å². The number of para-hydroxylation sites is 1. The second-order valence-electron chi connectivity index (χ2n) is 4.28. The molecule has 0 amide bonds. The van der Waals surface area contributed by atoms with E-state index in [9.17, 15) is 5.11 Å². The van der Waals surface area contributed by atoms with Crippen LogP contribution in [0.2, 0.25) is 0 Å². The van der Waals surface area contributed by atoms with Crippen molar-refractivity contribution in [1.82, 2.24) is 4.98 Å². The van der Waals surface area contributed by atoms with Gasteiger partial charge < -0.3 is 9.84 Å². The molecule has 2 aromatic carbocycles. The number of fused-ring (bicyclic) bond motifs is 1. The minimum absolute atomic E-state index is 0.228. The van der Waals surface area contributed by atoms with Crippen LogP contribution in [0.1, 0.15) is 0 Å². The number of nitrogens with zero attached hydrogens (tertiary/aromatic N) is 1. The SMILES string of the molecule is COc1cc(-c2cccc(O)c2)nc2ccccc12. The molecule has 0 radical (unpaired) electrons. The maximum absolute atomic E-state index is 9.56. The van der Waals surface area contributed by atoms with Crippen molar-refractivity contribution in [3.05, 3.63) is 54.6 Å². The predicted octanol–water partition coefficient (Wildman–Crippen LogP) is 3.62. The lowest BCUT2D eigenvalue weighted by atomic mass is 10.1. The van der Waals surface area contributed by atoms with Crippen LogP contribution in [0.5, 0.6) is 11.5 Å². The number of phenolic OH excluding ortho intramolecular Hbond substituents is 1. The number of aromatic hydroxyl groups is 1. The monoisotopic (exact) mass is 251 g/mol. The number of aromatic nitrogens is 1. The van der Waals surface area contributed by atoms with Crippen molar-refractivity contribution in [3.63, 3.8) is 0 Å². The molecule has 0 bridgehead atoms. The van der Waals surface area contributed by atoms with E-state index >= 15 is 0 Å². The van der Waals surface area contributed by atoms with Gasteiger partial charge in [-0.25, -0.2) is 4.98 Å². The maximum atomic E-state index is 9.56. The van der Waals surface area contributed by atoms with Crippen molar-refractivity contribution in [1.29, 1.82) is 0 Å². The summed E-state index contributed by atoms with van der Waals surface area (Å²) in [6.45, 7) is 0. The summed E-state index contributed by atoms with van der Waals surface area (Å²) in [5, 5.41) is 10.5. The van der Waals surface area contributed by atoms with Gasteiger partial charge in [0.15, 0.2) is 0 Å². The first-order valence-corrected chi connectivity index (χ1v) is 6.01. The minimum Gasteiger partial charge on any atom is -0.508 e. The Hall–Kier alpha value is -2.55. The summed E-state index contributed by atoms with van der Waals surface area (Å²) in [6.07, 6.45) is 0. The van der Waals surface area contributed by atoms with Crippen LogP contribution in [-0.2, 0) is 0 Å². The lowest BCUT2D eigenvalue weighted by Crippen LogP contribution is -1.90. The molecule has 3 nitrogen and oxygen atoms in total. The third-order valence-corrected chi connectivity index (χ3v) is 3.04. The zero-order valence-corrected chi connectivity index (χ0v) is 10.5. The minimum atomic E-state index is 0.228. The molecule has 3 rings (SSSR count). The molecule has 0 atom stereocenters. The lowest BCUT2D eigenvalue weighted by Gasteiger charge is -2.08. The molecule has 0 aliphatic heterocycles. The quantitative estimate of drug-likeness (QED) is 0.756. The van der Waals surface area contributed by atoms with Crippen molar-refractivity contribution in [2.45, 2.75) is 0 Å². The van der Waals surface area contributed by atoms with Gasteiger partial charge in [-0.05, 0) is 24.3 Å². The first-order chi connectivity index (χ1) is 9.28. The Morgan fingerprint density at radius 2 is 1.84 bits per heavy atom. The third-order valence-electron chi connectivity index (χ3n) is 3.04. The van der Waals surface area contributed by atoms with Gasteiger partial charge in [0, 0.05) is 17.0 Å². The van der Waals surface area contributed by atoms with Crippen molar-refractivity contribution in [2.75, 3.05) is 7.11 Å². The summed E-state index contributed by atoms with van der Waals surface area (Å²) in [5.41, 5.74) is 2.52. The highest BCUT2D eigenvalue weighted by atomic mass is 16.5. The summed E-state index contributed by atoms with van der Waals surface area (Å²) in [6, 6.07) is 16.8. The van der Waals surface area contributed by atoms with E-state index in [1.807, 2.05) is 36.4 Å². The predicted molar refractivity (Wildman–Crippen MR) is 75.4 cm³/mol. The highest BCUT2D eigenvalue weighted by Gasteiger charge is 2.07. The Balaban J connectivity index is 2.25. The van der Waals surface area contributed by atoms with Gasteiger partial charge in [-0.3, -0.25) is 0 Å². The zero-order chi connectivity index (χ0) is 13.2. The Labute approximate surface area is 111 Å². The first kappa shape index (κ1) is 11.5. The van der Waals surface area contributed by atoms with E-state index in [0.717, 1.165) is 27.9 Å². The highest BCUT2D eigenvalue weighted by Crippen LogP contribution is 2.30. The number of hydrogen-bond acceptors (Lipinski definition) is 3. The second kappa shape index (κ2) is 4.61. The van der Waals surface area contributed by atoms with Crippen LogP contribution in [0, 0.1) is 0 Å². The molecule has 0 spiro atoms. The number of pyridine rings is 1. The Bertz CT molecular complexity index is 738. The second-order valence-corrected chi connectivity index (χ2v) is 4.28.